The summed E-state index contributed by atoms with van der Waals surface area (Å²) in [6.45, 7) is 5.51. The van der Waals surface area contributed by atoms with Gasteiger partial charge in [-0.1, -0.05) is 12.1 Å². The van der Waals surface area contributed by atoms with Gasteiger partial charge in [0.25, 0.3) is 11.8 Å². The van der Waals surface area contributed by atoms with Gasteiger partial charge in [0.15, 0.2) is 0 Å². The molecule has 0 aliphatic carbocycles. The van der Waals surface area contributed by atoms with Crippen LogP contribution in [0.3, 0.4) is 0 Å². The first-order valence-electron chi connectivity index (χ1n) is 9.25. The number of hydrogen-bond donors (Lipinski definition) is 0. The SMILES string of the molecule is CCc1noc(C)c1C(=O)N1CCN(C(=O)c2cc(OC)cc(OC)c2)CC1. The zero-order valence-electron chi connectivity index (χ0n) is 16.7. The molecule has 1 aliphatic rings. The Labute approximate surface area is 164 Å². The number of aromatic nitrogens is 1. The van der Waals surface area contributed by atoms with E-state index in [1.54, 1.807) is 49.1 Å². The van der Waals surface area contributed by atoms with Crippen molar-refractivity contribution in [3.05, 3.63) is 40.8 Å². The third-order valence-electron chi connectivity index (χ3n) is 4.93. The molecule has 0 atom stereocenters. The van der Waals surface area contributed by atoms with Gasteiger partial charge in [-0.05, 0) is 25.5 Å². The van der Waals surface area contributed by atoms with Crippen molar-refractivity contribution in [2.24, 2.45) is 0 Å². The third-order valence-corrected chi connectivity index (χ3v) is 4.93. The van der Waals surface area contributed by atoms with Crippen LogP contribution in [0.15, 0.2) is 22.7 Å². The molecule has 0 bridgehead atoms. The summed E-state index contributed by atoms with van der Waals surface area (Å²) in [4.78, 5) is 29.2. The molecule has 2 amide bonds. The van der Waals surface area contributed by atoms with E-state index in [1.807, 2.05) is 6.92 Å². The predicted octanol–water partition coefficient (Wildman–Crippen LogP) is 2.16. The van der Waals surface area contributed by atoms with Crippen molar-refractivity contribution in [3.8, 4) is 11.5 Å². The maximum Gasteiger partial charge on any atom is 0.259 e. The average Bonchev–Trinajstić information content (AvgIpc) is 3.12. The second-order valence-electron chi connectivity index (χ2n) is 6.60. The molecule has 0 N–H and O–H groups in total. The number of benzene rings is 1. The quantitative estimate of drug-likeness (QED) is 0.782. The van der Waals surface area contributed by atoms with E-state index in [4.69, 9.17) is 14.0 Å². The molecule has 8 nitrogen and oxygen atoms in total. The number of amides is 2. The number of rotatable bonds is 5. The largest absolute Gasteiger partial charge is 0.497 e. The van der Waals surface area contributed by atoms with Crippen LogP contribution in [-0.2, 0) is 6.42 Å². The number of hydrogen-bond acceptors (Lipinski definition) is 6. The Morgan fingerprint density at radius 1 is 1.00 bits per heavy atom. The Kier molecular flexibility index (Phi) is 5.87. The normalized spacial score (nSPS) is 14.1. The summed E-state index contributed by atoms with van der Waals surface area (Å²) in [6, 6.07) is 5.10. The number of carbonyl (C=O) groups excluding carboxylic acids is 2. The molecular weight excluding hydrogens is 362 g/mol. The first kappa shape index (κ1) is 19.7. The van der Waals surface area contributed by atoms with Crippen LogP contribution in [-0.4, -0.2) is 67.2 Å². The lowest BCUT2D eigenvalue weighted by molar-refractivity contribution is 0.0533. The van der Waals surface area contributed by atoms with Crippen LogP contribution in [0, 0.1) is 6.92 Å². The Morgan fingerprint density at radius 3 is 2.04 bits per heavy atom. The van der Waals surface area contributed by atoms with E-state index in [1.165, 1.54) is 0 Å². The Bertz CT molecular complexity index is 846. The molecule has 150 valence electrons. The van der Waals surface area contributed by atoms with Crippen molar-refractivity contribution < 1.29 is 23.6 Å². The average molecular weight is 387 g/mol. The van der Waals surface area contributed by atoms with Gasteiger partial charge >= 0.3 is 0 Å². The molecule has 0 radical (unpaired) electrons. The van der Waals surface area contributed by atoms with Gasteiger partial charge in [-0.25, -0.2) is 0 Å². The number of nitrogens with zero attached hydrogens (tertiary/aromatic N) is 3. The highest BCUT2D eigenvalue weighted by Crippen LogP contribution is 2.24. The minimum absolute atomic E-state index is 0.0919. The molecule has 3 rings (SSSR count). The fourth-order valence-corrected chi connectivity index (χ4v) is 3.32. The number of ether oxygens (including phenoxy) is 2. The van der Waals surface area contributed by atoms with E-state index in [0.717, 1.165) is 0 Å². The van der Waals surface area contributed by atoms with E-state index >= 15 is 0 Å². The topological polar surface area (TPSA) is 85.1 Å². The van der Waals surface area contributed by atoms with E-state index in [-0.39, 0.29) is 11.8 Å². The van der Waals surface area contributed by atoms with Gasteiger partial charge in [-0.3, -0.25) is 9.59 Å². The molecular formula is C20H25N3O5. The molecule has 8 heteroatoms. The van der Waals surface area contributed by atoms with Crippen molar-refractivity contribution in [2.45, 2.75) is 20.3 Å². The summed E-state index contributed by atoms with van der Waals surface area (Å²) in [5, 5.41) is 3.95. The van der Waals surface area contributed by atoms with Crippen molar-refractivity contribution >= 4 is 11.8 Å². The molecule has 28 heavy (non-hydrogen) atoms. The lowest BCUT2D eigenvalue weighted by Gasteiger charge is -2.34. The highest BCUT2D eigenvalue weighted by molar-refractivity contribution is 5.97. The monoisotopic (exact) mass is 387 g/mol. The fourth-order valence-electron chi connectivity index (χ4n) is 3.32. The molecule has 1 aromatic carbocycles. The summed E-state index contributed by atoms with van der Waals surface area (Å²) in [5.41, 5.74) is 1.71. The van der Waals surface area contributed by atoms with Crippen molar-refractivity contribution in [3.63, 3.8) is 0 Å². The van der Waals surface area contributed by atoms with Crippen LogP contribution in [0.2, 0.25) is 0 Å². The van der Waals surface area contributed by atoms with Gasteiger partial charge in [-0.2, -0.15) is 0 Å². The van der Waals surface area contributed by atoms with Gasteiger partial charge in [0, 0.05) is 37.8 Å². The van der Waals surface area contributed by atoms with Crippen molar-refractivity contribution in [2.75, 3.05) is 40.4 Å². The van der Waals surface area contributed by atoms with Crippen LogP contribution >= 0.6 is 0 Å². The van der Waals surface area contributed by atoms with E-state index < -0.39 is 0 Å². The minimum atomic E-state index is -0.111. The van der Waals surface area contributed by atoms with Crippen LogP contribution in [0.1, 0.15) is 39.1 Å². The Hall–Kier alpha value is -3.03. The third kappa shape index (κ3) is 3.81. The van der Waals surface area contributed by atoms with E-state index in [0.29, 0.717) is 66.7 Å². The van der Waals surface area contributed by atoms with Gasteiger partial charge < -0.3 is 23.8 Å². The summed E-state index contributed by atoms with van der Waals surface area (Å²) < 4.78 is 15.7. The second kappa shape index (κ2) is 8.33. The molecule has 2 heterocycles. The first-order valence-corrected chi connectivity index (χ1v) is 9.25. The van der Waals surface area contributed by atoms with Crippen LogP contribution in [0.25, 0.3) is 0 Å². The van der Waals surface area contributed by atoms with Gasteiger partial charge in [-0.15, -0.1) is 0 Å². The molecule has 0 saturated carbocycles. The first-order chi connectivity index (χ1) is 13.5. The molecule has 1 saturated heterocycles. The molecule has 2 aromatic rings. The molecule has 1 aromatic heterocycles. The fraction of sp³-hybridized carbons (Fsp3) is 0.450. The standard InChI is InChI=1S/C20H25N3O5/c1-5-17-18(13(2)28-21-17)20(25)23-8-6-22(7-9-23)19(24)14-10-15(26-3)12-16(11-14)27-4/h10-12H,5-9H2,1-4H3. The van der Waals surface area contributed by atoms with Gasteiger partial charge in [0.05, 0.1) is 19.9 Å². The van der Waals surface area contributed by atoms with Crippen molar-refractivity contribution in [1.82, 2.24) is 15.0 Å². The summed E-state index contributed by atoms with van der Waals surface area (Å²) in [5.74, 6) is 1.45. The van der Waals surface area contributed by atoms with Crippen LogP contribution in [0.5, 0.6) is 11.5 Å². The summed E-state index contributed by atoms with van der Waals surface area (Å²) in [7, 11) is 3.09. The zero-order chi connectivity index (χ0) is 20.3. The minimum Gasteiger partial charge on any atom is -0.497 e. The maximum absolute atomic E-state index is 12.9. The number of piperazine rings is 1. The second-order valence-corrected chi connectivity index (χ2v) is 6.60. The van der Waals surface area contributed by atoms with Gasteiger partial charge in [0.1, 0.15) is 22.8 Å². The summed E-state index contributed by atoms with van der Waals surface area (Å²) >= 11 is 0. The van der Waals surface area contributed by atoms with Crippen LogP contribution < -0.4 is 9.47 Å². The highest BCUT2D eigenvalue weighted by Gasteiger charge is 2.29. The number of carbonyl (C=O) groups is 2. The zero-order valence-corrected chi connectivity index (χ0v) is 16.7. The Balaban J connectivity index is 1.69. The smallest absolute Gasteiger partial charge is 0.259 e. The lowest BCUT2D eigenvalue weighted by Crippen LogP contribution is -2.50. The molecule has 0 spiro atoms. The molecule has 1 fully saturated rings. The predicted molar refractivity (Wildman–Crippen MR) is 102 cm³/mol. The van der Waals surface area contributed by atoms with Gasteiger partial charge in [0.2, 0.25) is 0 Å². The Morgan fingerprint density at radius 2 is 1.54 bits per heavy atom. The molecule has 1 aliphatic heterocycles. The van der Waals surface area contributed by atoms with E-state index in [9.17, 15) is 9.59 Å². The number of methoxy groups -OCH3 is 2. The number of aryl methyl sites for hydroxylation is 2. The van der Waals surface area contributed by atoms with Crippen molar-refractivity contribution in [1.29, 1.82) is 0 Å². The summed E-state index contributed by atoms with van der Waals surface area (Å²) in [6.07, 6.45) is 0.633. The highest BCUT2D eigenvalue weighted by atomic mass is 16.5. The van der Waals surface area contributed by atoms with Crippen LogP contribution in [0.4, 0.5) is 0 Å². The van der Waals surface area contributed by atoms with E-state index in [2.05, 4.69) is 5.16 Å². The molecule has 0 unspecified atom stereocenters. The lowest BCUT2D eigenvalue weighted by atomic mass is 10.1. The maximum atomic E-state index is 12.9.